The van der Waals surface area contributed by atoms with Crippen LogP contribution in [0.15, 0.2) is 36.4 Å². The Morgan fingerprint density at radius 2 is 2.07 bits per heavy atom. The third kappa shape index (κ3) is 1.29. The molecule has 0 fully saturated rings. The standard InChI is InChI=1S/C13H18N2/c1-4-9-13(3)10(2)11-7-5-6-8-12(11)15(13)14/h4-10H,14H2,1-3H3/b9-4-. The first-order chi connectivity index (χ1) is 7.11. The van der Waals surface area contributed by atoms with Crippen LogP contribution in [0.2, 0.25) is 0 Å². The van der Waals surface area contributed by atoms with Gasteiger partial charge in [-0.3, -0.25) is 0 Å². The summed E-state index contributed by atoms with van der Waals surface area (Å²) in [5, 5.41) is 1.88. The second kappa shape index (κ2) is 3.38. The molecule has 0 radical (unpaired) electrons. The van der Waals surface area contributed by atoms with Crippen molar-refractivity contribution in [1.29, 1.82) is 0 Å². The van der Waals surface area contributed by atoms with Gasteiger partial charge in [0.15, 0.2) is 0 Å². The van der Waals surface area contributed by atoms with Gasteiger partial charge in [-0.25, -0.2) is 5.84 Å². The molecule has 0 saturated heterocycles. The van der Waals surface area contributed by atoms with Crippen LogP contribution in [-0.4, -0.2) is 5.54 Å². The van der Waals surface area contributed by atoms with Crippen LogP contribution in [0.4, 0.5) is 5.69 Å². The summed E-state index contributed by atoms with van der Waals surface area (Å²) in [6, 6.07) is 8.35. The van der Waals surface area contributed by atoms with Crippen molar-refractivity contribution in [2.75, 3.05) is 5.01 Å². The van der Waals surface area contributed by atoms with E-state index >= 15 is 0 Å². The van der Waals surface area contributed by atoms with Crippen LogP contribution in [0, 0.1) is 0 Å². The molecule has 0 amide bonds. The number of hydrazine groups is 1. The lowest BCUT2D eigenvalue weighted by atomic mass is 9.85. The van der Waals surface area contributed by atoms with Crippen LogP contribution in [0.5, 0.6) is 0 Å². The molecule has 0 spiro atoms. The molecule has 1 aromatic carbocycles. The van der Waals surface area contributed by atoms with Crippen LogP contribution in [-0.2, 0) is 0 Å². The number of fused-ring (bicyclic) bond motifs is 1. The highest BCUT2D eigenvalue weighted by atomic mass is 15.5. The number of benzene rings is 1. The number of nitrogens with zero attached hydrogens (tertiary/aromatic N) is 1. The fourth-order valence-corrected chi connectivity index (χ4v) is 2.42. The van der Waals surface area contributed by atoms with Gasteiger partial charge in [-0.05, 0) is 25.5 Å². The number of rotatable bonds is 1. The van der Waals surface area contributed by atoms with Gasteiger partial charge in [0.05, 0.1) is 11.2 Å². The second-order valence-electron chi connectivity index (χ2n) is 4.38. The monoisotopic (exact) mass is 202 g/mol. The Bertz CT molecular complexity index is 366. The van der Waals surface area contributed by atoms with E-state index in [4.69, 9.17) is 5.84 Å². The molecule has 2 unspecified atom stereocenters. The van der Waals surface area contributed by atoms with E-state index in [1.54, 1.807) is 0 Å². The van der Waals surface area contributed by atoms with Crippen molar-refractivity contribution in [3.05, 3.63) is 42.0 Å². The van der Waals surface area contributed by atoms with Crippen molar-refractivity contribution in [3.63, 3.8) is 0 Å². The smallest absolute Gasteiger partial charge is 0.0778 e. The normalized spacial score (nSPS) is 29.9. The van der Waals surface area contributed by atoms with Crippen molar-refractivity contribution < 1.29 is 0 Å². The highest BCUT2D eigenvalue weighted by Gasteiger charge is 2.42. The quantitative estimate of drug-likeness (QED) is 0.560. The summed E-state index contributed by atoms with van der Waals surface area (Å²) in [5.74, 6) is 6.61. The molecular weight excluding hydrogens is 184 g/mol. The average Bonchev–Trinajstić information content (AvgIpc) is 2.43. The number of allylic oxidation sites excluding steroid dienone is 1. The zero-order valence-corrected chi connectivity index (χ0v) is 9.57. The third-order valence-electron chi connectivity index (χ3n) is 3.56. The second-order valence-corrected chi connectivity index (χ2v) is 4.38. The molecule has 15 heavy (non-hydrogen) atoms. The molecule has 2 rings (SSSR count). The van der Waals surface area contributed by atoms with E-state index in [0.717, 1.165) is 5.69 Å². The Morgan fingerprint density at radius 3 is 2.67 bits per heavy atom. The predicted octanol–water partition coefficient (Wildman–Crippen LogP) is 2.82. The summed E-state index contributed by atoms with van der Waals surface area (Å²) in [5.41, 5.74) is 2.38. The molecule has 80 valence electrons. The summed E-state index contributed by atoms with van der Waals surface area (Å²) in [6.45, 7) is 6.44. The summed E-state index contributed by atoms with van der Waals surface area (Å²) < 4.78 is 0. The molecule has 2 atom stereocenters. The molecular formula is C13H18N2. The van der Waals surface area contributed by atoms with E-state index in [1.807, 2.05) is 18.0 Å². The van der Waals surface area contributed by atoms with Gasteiger partial charge < -0.3 is 5.01 Å². The first kappa shape index (κ1) is 10.2. The maximum absolute atomic E-state index is 6.18. The van der Waals surface area contributed by atoms with Gasteiger partial charge in [-0.15, -0.1) is 0 Å². The Labute approximate surface area is 91.4 Å². The van der Waals surface area contributed by atoms with Crippen molar-refractivity contribution >= 4 is 5.69 Å². The highest BCUT2D eigenvalue weighted by Crippen LogP contribution is 2.45. The molecule has 1 aliphatic heterocycles. The highest BCUT2D eigenvalue weighted by molar-refractivity contribution is 5.64. The number of hydrogen-bond acceptors (Lipinski definition) is 2. The van der Waals surface area contributed by atoms with E-state index in [0.29, 0.717) is 5.92 Å². The van der Waals surface area contributed by atoms with Crippen LogP contribution in [0.25, 0.3) is 0 Å². The van der Waals surface area contributed by atoms with Gasteiger partial charge in [-0.2, -0.15) is 0 Å². The Morgan fingerprint density at radius 1 is 1.40 bits per heavy atom. The maximum Gasteiger partial charge on any atom is 0.0778 e. The summed E-state index contributed by atoms with van der Waals surface area (Å²) in [4.78, 5) is 0. The van der Waals surface area contributed by atoms with Crippen molar-refractivity contribution in [1.82, 2.24) is 0 Å². The SMILES string of the molecule is C/C=C\C1(C)C(C)c2ccccc2N1N. The van der Waals surface area contributed by atoms with Gasteiger partial charge in [0.1, 0.15) is 0 Å². The molecule has 0 aliphatic carbocycles. The summed E-state index contributed by atoms with van der Waals surface area (Å²) in [7, 11) is 0. The predicted molar refractivity (Wildman–Crippen MR) is 64.7 cm³/mol. The van der Waals surface area contributed by atoms with E-state index < -0.39 is 0 Å². The maximum atomic E-state index is 6.18. The van der Waals surface area contributed by atoms with Gasteiger partial charge in [0.2, 0.25) is 0 Å². The lowest BCUT2D eigenvalue weighted by molar-refractivity contribution is 0.480. The average molecular weight is 202 g/mol. The Hall–Kier alpha value is -1.28. The molecule has 1 aromatic rings. The van der Waals surface area contributed by atoms with Crippen LogP contribution in [0.1, 0.15) is 32.3 Å². The zero-order chi connectivity index (χ0) is 11.1. The molecule has 0 saturated carbocycles. The van der Waals surface area contributed by atoms with E-state index in [2.05, 4.69) is 44.2 Å². The van der Waals surface area contributed by atoms with Crippen LogP contribution < -0.4 is 10.9 Å². The summed E-state index contributed by atoms with van der Waals surface area (Å²) >= 11 is 0. The van der Waals surface area contributed by atoms with Gasteiger partial charge in [0.25, 0.3) is 0 Å². The fourth-order valence-electron chi connectivity index (χ4n) is 2.42. The van der Waals surface area contributed by atoms with Crippen LogP contribution >= 0.6 is 0 Å². The molecule has 1 aliphatic rings. The number of para-hydroxylation sites is 1. The van der Waals surface area contributed by atoms with E-state index in [9.17, 15) is 0 Å². The molecule has 0 aromatic heterocycles. The lowest BCUT2D eigenvalue weighted by Gasteiger charge is -2.34. The lowest BCUT2D eigenvalue weighted by Crippen LogP contribution is -2.48. The fraction of sp³-hybridized carbons (Fsp3) is 0.385. The van der Waals surface area contributed by atoms with E-state index in [-0.39, 0.29) is 5.54 Å². The minimum atomic E-state index is -0.0988. The topological polar surface area (TPSA) is 29.3 Å². The molecule has 1 heterocycles. The zero-order valence-electron chi connectivity index (χ0n) is 9.57. The first-order valence-electron chi connectivity index (χ1n) is 5.39. The molecule has 2 heteroatoms. The number of nitrogens with two attached hydrogens (primary N) is 1. The Balaban J connectivity index is 2.53. The molecule has 2 N–H and O–H groups in total. The molecule has 2 nitrogen and oxygen atoms in total. The Kier molecular flexibility index (Phi) is 2.31. The minimum Gasteiger partial charge on any atom is -0.301 e. The number of hydrogen-bond donors (Lipinski definition) is 1. The van der Waals surface area contributed by atoms with Gasteiger partial charge in [0, 0.05) is 5.92 Å². The first-order valence-corrected chi connectivity index (χ1v) is 5.39. The molecule has 0 bridgehead atoms. The van der Waals surface area contributed by atoms with Gasteiger partial charge in [-0.1, -0.05) is 37.3 Å². The largest absolute Gasteiger partial charge is 0.301 e. The van der Waals surface area contributed by atoms with Gasteiger partial charge >= 0.3 is 0 Å². The van der Waals surface area contributed by atoms with Crippen molar-refractivity contribution in [2.24, 2.45) is 5.84 Å². The van der Waals surface area contributed by atoms with Crippen molar-refractivity contribution in [3.8, 4) is 0 Å². The minimum absolute atomic E-state index is 0.0988. The third-order valence-corrected chi connectivity index (χ3v) is 3.56. The summed E-state index contributed by atoms with van der Waals surface area (Å²) in [6.07, 6.45) is 4.25. The number of anilines is 1. The van der Waals surface area contributed by atoms with Crippen LogP contribution in [0.3, 0.4) is 0 Å². The van der Waals surface area contributed by atoms with E-state index in [1.165, 1.54) is 5.56 Å². The van der Waals surface area contributed by atoms with Crippen molar-refractivity contribution in [2.45, 2.75) is 32.2 Å².